The third kappa shape index (κ3) is 3.34. The first-order valence-corrected chi connectivity index (χ1v) is 10.2. The number of amides is 1. The number of fused-ring (bicyclic) bond motifs is 1. The average Bonchev–Trinajstić information content (AvgIpc) is 2.73. The van der Waals surface area contributed by atoms with Crippen LogP contribution < -0.4 is 0 Å². The molecule has 9 heteroatoms. The quantitative estimate of drug-likeness (QED) is 0.671. The number of carbonyl (C=O) groups is 1. The van der Waals surface area contributed by atoms with Gasteiger partial charge in [0.2, 0.25) is 10.0 Å². The highest BCUT2D eigenvalue weighted by Crippen LogP contribution is 2.21. The van der Waals surface area contributed by atoms with Gasteiger partial charge in [0.15, 0.2) is 0 Å². The molecule has 7 nitrogen and oxygen atoms in total. The Morgan fingerprint density at radius 2 is 1.64 bits per heavy atom. The van der Waals surface area contributed by atoms with Crippen molar-refractivity contribution in [3.63, 3.8) is 0 Å². The molecule has 28 heavy (non-hydrogen) atoms. The molecule has 1 aliphatic rings. The fraction of sp³-hybridized carbons (Fsp3) is 0.211. The van der Waals surface area contributed by atoms with Crippen LogP contribution in [0.2, 0.25) is 0 Å². The lowest BCUT2D eigenvalue weighted by Gasteiger charge is -2.34. The Morgan fingerprint density at radius 3 is 2.36 bits per heavy atom. The summed E-state index contributed by atoms with van der Waals surface area (Å²) in [7, 11) is -3.60. The van der Waals surface area contributed by atoms with Crippen LogP contribution in [-0.4, -0.2) is 59.7 Å². The Balaban J connectivity index is 1.54. The molecule has 4 rings (SSSR count). The predicted molar refractivity (Wildman–Crippen MR) is 101 cm³/mol. The summed E-state index contributed by atoms with van der Waals surface area (Å²) in [6.45, 7) is 0.760. The maximum absolute atomic E-state index is 13.9. The van der Waals surface area contributed by atoms with Crippen LogP contribution in [-0.2, 0) is 10.0 Å². The number of rotatable bonds is 3. The first kappa shape index (κ1) is 18.5. The topological polar surface area (TPSA) is 83.5 Å². The minimum absolute atomic E-state index is 0.127. The maximum atomic E-state index is 13.9. The number of sulfonamides is 1. The molecule has 0 bridgehead atoms. The molecule has 0 saturated carbocycles. The van der Waals surface area contributed by atoms with Gasteiger partial charge in [0, 0.05) is 44.6 Å². The Morgan fingerprint density at radius 1 is 0.964 bits per heavy atom. The summed E-state index contributed by atoms with van der Waals surface area (Å²) in [6, 6.07) is 10.6. The monoisotopic (exact) mass is 400 g/mol. The van der Waals surface area contributed by atoms with Crippen LogP contribution in [0.5, 0.6) is 0 Å². The summed E-state index contributed by atoms with van der Waals surface area (Å²) in [5.74, 6) is -0.955. The van der Waals surface area contributed by atoms with Gasteiger partial charge in [0.25, 0.3) is 5.91 Å². The Hall–Kier alpha value is -2.91. The third-order valence-electron chi connectivity index (χ3n) is 4.68. The number of aromatic nitrogens is 2. The largest absolute Gasteiger partial charge is 0.336 e. The molecule has 0 N–H and O–H groups in total. The molecule has 144 valence electrons. The van der Waals surface area contributed by atoms with E-state index in [0.717, 1.165) is 6.07 Å². The van der Waals surface area contributed by atoms with Crippen molar-refractivity contribution >= 4 is 27.0 Å². The number of piperazine rings is 1. The molecular formula is C19H17FN4O3S. The van der Waals surface area contributed by atoms with E-state index in [1.165, 1.54) is 27.7 Å². The summed E-state index contributed by atoms with van der Waals surface area (Å²) in [5, 5.41) is 0. The lowest BCUT2D eigenvalue weighted by molar-refractivity contribution is 0.0699. The van der Waals surface area contributed by atoms with E-state index in [1.807, 2.05) is 0 Å². The molecule has 2 aromatic carbocycles. The molecule has 1 fully saturated rings. The molecule has 0 unspecified atom stereocenters. The van der Waals surface area contributed by atoms with Crippen LogP contribution >= 0.6 is 0 Å². The summed E-state index contributed by atoms with van der Waals surface area (Å²) in [5.41, 5.74) is 0.756. The summed E-state index contributed by atoms with van der Waals surface area (Å²) in [6.07, 6.45) is 2.88. The molecular weight excluding hydrogens is 383 g/mol. The van der Waals surface area contributed by atoms with Crippen molar-refractivity contribution in [2.45, 2.75) is 4.90 Å². The number of nitrogens with zero attached hydrogens (tertiary/aromatic N) is 4. The normalized spacial score (nSPS) is 15.7. The standard InChI is InChI=1S/C19H17FN4O3S/c20-14-12-16(18-17(13-14)21-6-7-22-18)19(25)23-8-10-24(11-9-23)28(26,27)15-4-2-1-3-5-15/h1-7,12-13H,8-11H2. The Labute approximate surface area is 161 Å². The summed E-state index contributed by atoms with van der Waals surface area (Å²) >= 11 is 0. The Bertz CT molecular complexity index is 1130. The number of carbonyl (C=O) groups excluding carboxylic acids is 1. The molecule has 0 spiro atoms. The second-order valence-electron chi connectivity index (χ2n) is 6.39. The van der Waals surface area contributed by atoms with E-state index in [1.54, 1.807) is 30.3 Å². The van der Waals surface area contributed by atoms with E-state index < -0.39 is 15.8 Å². The van der Waals surface area contributed by atoms with E-state index in [9.17, 15) is 17.6 Å². The van der Waals surface area contributed by atoms with E-state index in [4.69, 9.17) is 0 Å². The fourth-order valence-electron chi connectivity index (χ4n) is 3.25. The molecule has 1 amide bonds. The van der Waals surface area contributed by atoms with Crippen LogP contribution in [0.1, 0.15) is 10.4 Å². The number of benzene rings is 2. The van der Waals surface area contributed by atoms with Gasteiger partial charge in [-0.1, -0.05) is 18.2 Å². The van der Waals surface area contributed by atoms with Crippen molar-refractivity contribution in [2.75, 3.05) is 26.2 Å². The molecule has 3 aromatic rings. The number of halogens is 1. The van der Waals surface area contributed by atoms with Crippen LogP contribution in [0.4, 0.5) is 4.39 Å². The van der Waals surface area contributed by atoms with Gasteiger partial charge in [-0.05, 0) is 18.2 Å². The van der Waals surface area contributed by atoms with Crippen molar-refractivity contribution in [2.24, 2.45) is 0 Å². The lowest BCUT2D eigenvalue weighted by atomic mass is 10.1. The highest BCUT2D eigenvalue weighted by molar-refractivity contribution is 7.89. The first-order valence-electron chi connectivity index (χ1n) is 8.71. The van der Waals surface area contributed by atoms with Gasteiger partial charge >= 0.3 is 0 Å². The van der Waals surface area contributed by atoms with Gasteiger partial charge in [-0.25, -0.2) is 12.8 Å². The smallest absolute Gasteiger partial charge is 0.256 e. The van der Waals surface area contributed by atoms with Crippen LogP contribution in [0, 0.1) is 5.82 Å². The SMILES string of the molecule is O=C(c1cc(F)cc2nccnc12)N1CCN(S(=O)(=O)c2ccccc2)CC1. The molecule has 2 heterocycles. The second kappa shape index (κ2) is 7.25. The van der Waals surface area contributed by atoms with Crippen molar-refractivity contribution in [3.8, 4) is 0 Å². The minimum atomic E-state index is -3.60. The first-order chi connectivity index (χ1) is 13.5. The van der Waals surface area contributed by atoms with E-state index in [-0.39, 0.29) is 42.5 Å². The van der Waals surface area contributed by atoms with Crippen molar-refractivity contribution in [3.05, 3.63) is 66.2 Å². The zero-order valence-electron chi connectivity index (χ0n) is 14.8. The average molecular weight is 400 g/mol. The molecule has 1 aliphatic heterocycles. The van der Waals surface area contributed by atoms with Gasteiger partial charge in [0.1, 0.15) is 11.3 Å². The zero-order chi connectivity index (χ0) is 19.7. The molecule has 0 aliphatic carbocycles. The summed E-state index contributed by atoms with van der Waals surface area (Å²) < 4.78 is 40.7. The summed E-state index contributed by atoms with van der Waals surface area (Å²) in [4.78, 5) is 22.8. The van der Waals surface area contributed by atoms with Crippen LogP contribution in [0.15, 0.2) is 59.8 Å². The maximum Gasteiger partial charge on any atom is 0.256 e. The van der Waals surface area contributed by atoms with Crippen molar-refractivity contribution in [1.82, 2.24) is 19.2 Å². The van der Waals surface area contributed by atoms with Gasteiger partial charge in [-0.3, -0.25) is 14.8 Å². The second-order valence-corrected chi connectivity index (χ2v) is 8.32. The highest BCUT2D eigenvalue weighted by Gasteiger charge is 2.31. The van der Waals surface area contributed by atoms with Gasteiger partial charge in [-0.15, -0.1) is 0 Å². The predicted octanol–water partition coefficient (Wildman–Crippen LogP) is 1.92. The van der Waals surface area contributed by atoms with Gasteiger partial charge < -0.3 is 4.90 Å². The van der Waals surface area contributed by atoms with E-state index in [2.05, 4.69) is 9.97 Å². The van der Waals surface area contributed by atoms with Gasteiger partial charge in [-0.2, -0.15) is 4.31 Å². The van der Waals surface area contributed by atoms with Crippen LogP contribution in [0.25, 0.3) is 11.0 Å². The van der Waals surface area contributed by atoms with Crippen molar-refractivity contribution in [1.29, 1.82) is 0 Å². The third-order valence-corrected chi connectivity index (χ3v) is 6.59. The highest BCUT2D eigenvalue weighted by atomic mass is 32.2. The Kier molecular flexibility index (Phi) is 4.78. The van der Waals surface area contributed by atoms with Crippen molar-refractivity contribution < 1.29 is 17.6 Å². The molecule has 1 aromatic heterocycles. The zero-order valence-corrected chi connectivity index (χ0v) is 15.6. The molecule has 0 radical (unpaired) electrons. The van der Waals surface area contributed by atoms with E-state index in [0.29, 0.717) is 11.0 Å². The minimum Gasteiger partial charge on any atom is -0.336 e. The molecule has 1 saturated heterocycles. The number of hydrogen-bond donors (Lipinski definition) is 0. The van der Waals surface area contributed by atoms with Crippen LogP contribution in [0.3, 0.4) is 0 Å². The molecule has 0 atom stereocenters. The lowest BCUT2D eigenvalue weighted by Crippen LogP contribution is -2.50. The fourth-order valence-corrected chi connectivity index (χ4v) is 4.69. The van der Waals surface area contributed by atoms with E-state index >= 15 is 0 Å². The number of hydrogen-bond acceptors (Lipinski definition) is 5. The van der Waals surface area contributed by atoms with Gasteiger partial charge in [0.05, 0.1) is 16.0 Å².